The molecule has 0 aliphatic heterocycles. The van der Waals surface area contributed by atoms with Crippen molar-refractivity contribution in [2.75, 3.05) is 6.54 Å². The summed E-state index contributed by atoms with van der Waals surface area (Å²) in [6.45, 7) is 5.79. The van der Waals surface area contributed by atoms with Gasteiger partial charge in [0.15, 0.2) is 0 Å². The summed E-state index contributed by atoms with van der Waals surface area (Å²) < 4.78 is 0. The van der Waals surface area contributed by atoms with E-state index < -0.39 is 12.1 Å². The Morgan fingerprint density at radius 3 is 2.29 bits per heavy atom. The molecule has 82 valence electrons. The molecule has 0 fully saturated rings. The average Bonchev–Trinajstić information content (AvgIpc) is 2.13. The maximum absolute atomic E-state index is 11.3. The minimum Gasteiger partial charge on any atom is -0.354 e. The molecule has 0 saturated carbocycles. The second kappa shape index (κ2) is 6.37. The number of rotatable bonds is 5. The van der Waals surface area contributed by atoms with Crippen LogP contribution in [0.3, 0.4) is 0 Å². The summed E-state index contributed by atoms with van der Waals surface area (Å²) in [5, 5.41) is 5.19. The van der Waals surface area contributed by atoms with Crippen molar-refractivity contribution in [3.63, 3.8) is 0 Å². The number of nitrogens with two attached hydrogens (primary N) is 1. The van der Waals surface area contributed by atoms with Gasteiger partial charge in [-0.25, -0.2) is 0 Å². The fourth-order valence-electron chi connectivity index (χ4n) is 0.812. The lowest BCUT2D eigenvalue weighted by molar-refractivity contribution is -0.129. The summed E-state index contributed by atoms with van der Waals surface area (Å²) in [5.74, 6) is -0.495. The van der Waals surface area contributed by atoms with Gasteiger partial charge >= 0.3 is 0 Å². The molecule has 0 rings (SSSR count). The molecule has 4 N–H and O–H groups in total. The molecule has 2 unspecified atom stereocenters. The smallest absolute Gasteiger partial charge is 0.242 e. The summed E-state index contributed by atoms with van der Waals surface area (Å²) in [6, 6.07) is -1.11. The monoisotopic (exact) mass is 201 g/mol. The lowest BCUT2D eigenvalue weighted by Crippen LogP contribution is -2.49. The fraction of sp³-hybridized carbons (Fsp3) is 0.778. The molecule has 0 aliphatic rings. The van der Waals surface area contributed by atoms with Gasteiger partial charge in [-0.2, -0.15) is 0 Å². The van der Waals surface area contributed by atoms with Crippen LogP contribution in [0.4, 0.5) is 0 Å². The first kappa shape index (κ1) is 12.9. The van der Waals surface area contributed by atoms with E-state index in [1.807, 2.05) is 6.92 Å². The summed E-state index contributed by atoms with van der Waals surface area (Å²) >= 11 is 0. The van der Waals surface area contributed by atoms with E-state index in [2.05, 4.69) is 10.6 Å². The van der Waals surface area contributed by atoms with E-state index in [1.54, 1.807) is 13.8 Å². The first-order valence-electron chi connectivity index (χ1n) is 4.82. The molecule has 0 spiro atoms. The van der Waals surface area contributed by atoms with Crippen molar-refractivity contribution in [1.29, 1.82) is 0 Å². The van der Waals surface area contributed by atoms with Crippen LogP contribution >= 0.6 is 0 Å². The summed E-state index contributed by atoms with van der Waals surface area (Å²) in [4.78, 5) is 22.4. The van der Waals surface area contributed by atoms with Crippen LogP contribution in [0.15, 0.2) is 0 Å². The summed E-state index contributed by atoms with van der Waals surface area (Å²) in [6.07, 6.45) is 0.875. The SMILES string of the molecule is CCCNC(=O)C(C)NC(=O)C(C)N. The Balaban J connectivity index is 3.89. The van der Waals surface area contributed by atoms with Crippen LogP contribution in [-0.4, -0.2) is 30.4 Å². The number of carbonyl (C=O) groups is 2. The molecule has 0 radical (unpaired) electrons. The highest BCUT2D eigenvalue weighted by atomic mass is 16.2. The molecule has 5 nitrogen and oxygen atoms in total. The molecule has 0 aromatic carbocycles. The highest BCUT2D eigenvalue weighted by Crippen LogP contribution is 1.85. The Hall–Kier alpha value is -1.10. The standard InChI is InChI=1S/C9H19N3O2/c1-4-5-11-9(14)7(3)12-8(13)6(2)10/h6-7H,4-5,10H2,1-3H3,(H,11,14)(H,12,13). The van der Waals surface area contributed by atoms with Crippen LogP contribution in [-0.2, 0) is 9.59 Å². The van der Waals surface area contributed by atoms with Crippen molar-refractivity contribution < 1.29 is 9.59 Å². The molecule has 2 atom stereocenters. The van der Waals surface area contributed by atoms with Crippen LogP contribution in [0.2, 0.25) is 0 Å². The Morgan fingerprint density at radius 1 is 1.29 bits per heavy atom. The summed E-state index contributed by atoms with van der Waals surface area (Å²) in [5.41, 5.74) is 5.34. The molecule has 0 saturated heterocycles. The number of nitrogens with one attached hydrogen (secondary N) is 2. The van der Waals surface area contributed by atoms with Crippen LogP contribution in [0, 0.1) is 0 Å². The molecule has 0 aliphatic carbocycles. The fourth-order valence-corrected chi connectivity index (χ4v) is 0.812. The van der Waals surface area contributed by atoms with Crippen molar-refractivity contribution in [2.24, 2.45) is 5.73 Å². The van der Waals surface area contributed by atoms with E-state index in [0.29, 0.717) is 6.54 Å². The summed E-state index contributed by atoms with van der Waals surface area (Å²) in [7, 11) is 0. The second-order valence-electron chi connectivity index (χ2n) is 3.31. The predicted octanol–water partition coefficient (Wildman–Crippen LogP) is -0.635. The predicted molar refractivity (Wildman–Crippen MR) is 54.6 cm³/mol. The van der Waals surface area contributed by atoms with Crippen LogP contribution in [0.5, 0.6) is 0 Å². The van der Waals surface area contributed by atoms with E-state index in [1.165, 1.54) is 0 Å². The first-order chi connectivity index (χ1) is 6.49. The van der Waals surface area contributed by atoms with Crippen LogP contribution < -0.4 is 16.4 Å². The van der Waals surface area contributed by atoms with Gasteiger partial charge < -0.3 is 16.4 Å². The normalized spacial score (nSPS) is 14.3. The molecule has 2 amide bonds. The van der Waals surface area contributed by atoms with Crippen molar-refractivity contribution in [3.8, 4) is 0 Å². The number of amides is 2. The third kappa shape index (κ3) is 4.81. The Labute approximate surface area is 84.4 Å². The van der Waals surface area contributed by atoms with Gasteiger partial charge in [0, 0.05) is 6.54 Å². The molecule has 0 aromatic rings. The Morgan fingerprint density at radius 2 is 1.86 bits per heavy atom. The van der Waals surface area contributed by atoms with E-state index in [4.69, 9.17) is 5.73 Å². The van der Waals surface area contributed by atoms with E-state index in [9.17, 15) is 9.59 Å². The number of hydrogen-bond donors (Lipinski definition) is 3. The molecular weight excluding hydrogens is 182 g/mol. The number of hydrogen-bond acceptors (Lipinski definition) is 3. The maximum Gasteiger partial charge on any atom is 0.242 e. The van der Waals surface area contributed by atoms with Gasteiger partial charge in [-0.3, -0.25) is 9.59 Å². The van der Waals surface area contributed by atoms with Gasteiger partial charge in [0.1, 0.15) is 6.04 Å². The molecule has 0 aromatic heterocycles. The molecule has 0 heterocycles. The number of carbonyl (C=O) groups excluding carboxylic acids is 2. The average molecular weight is 201 g/mol. The lowest BCUT2D eigenvalue weighted by Gasteiger charge is -2.14. The zero-order valence-corrected chi connectivity index (χ0v) is 8.96. The molecule has 5 heteroatoms. The third-order valence-electron chi connectivity index (χ3n) is 1.71. The van der Waals surface area contributed by atoms with Crippen molar-refractivity contribution in [2.45, 2.75) is 39.3 Å². The molecule has 14 heavy (non-hydrogen) atoms. The van der Waals surface area contributed by atoms with Crippen molar-refractivity contribution in [3.05, 3.63) is 0 Å². The van der Waals surface area contributed by atoms with Crippen LogP contribution in [0.1, 0.15) is 27.2 Å². The Kier molecular flexibility index (Phi) is 5.87. The Bertz CT molecular complexity index is 204. The lowest BCUT2D eigenvalue weighted by atomic mass is 10.2. The minimum absolute atomic E-state index is 0.180. The van der Waals surface area contributed by atoms with Crippen LogP contribution in [0.25, 0.3) is 0 Å². The zero-order chi connectivity index (χ0) is 11.1. The minimum atomic E-state index is -0.587. The quantitative estimate of drug-likeness (QED) is 0.553. The topological polar surface area (TPSA) is 84.2 Å². The largest absolute Gasteiger partial charge is 0.354 e. The van der Waals surface area contributed by atoms with Gasteiger partial charge in [0.05, 0.1) is 6.04 Å². The van der Waals surface area contributed by atoms with Crippen molar-refractivity contribution >= 4 is 11.8 Å². The van der Waals surface area contributed by atoms with Gasteiger partial charge in [-0.1, -0.05) is 6.92 Å². The second-order valence-corrected chi connectivity index (χ2v) is 3.31. The van der Waals surface area contributed by atoms with E-state index in [0.717, 1.165) is 6.42 Å². The molecular formula is C9H19N3O2. The van der Waals surface area contributed by atoms with E-state index >= 15 is 0 Å². The zero-order valence-electron chi connectivity index (χ0n) is 8.96. The highest BCUT2D eigenvalue weighted by molar-refractivity contribution is 5.89. The van der Waals surface area contributed by atoms with Gasteiger partial charge in [0.2, 0.25) is 11.8 Å². The van der Waals surface area contributed by atoms with Gasteiger partial charge in [0.25, 0.3) is 0 Å². The molecule has 0 bridgehead atoms. The highest BCUT2D eigenvalue weighted by Gasteiger charge is 2.16. The third-order valence-corrected chi connectivity index (χ3v) is 1.71. The van der Waals surface area contributed by atoms with Gasteiger partial charge in [-0.05, 0) is 20.3 Å². The maximum atomic E-state index is 11.3. The first-order valence-corrected chi connectivity index (χ1v) is 4.82. The van der Waals surface area contributed by atoms with Crippen molar-refractivity contribution in [1.82, 2.24) is 10.6 Å². The van der Waals surface area contributed by atoms with Gasteiger partial charge in [-0.15, -0.1) is 0 Å². The van der Waals surface area contributed by atoms with E-state index in [-0.39, 0.29) is 11.8 Å².